The lowest BCUT2D eigenvalue weighted by Gasteiger charge is -2.18. The molecule has 1 atom stereocenters. The average Bonchev–Trinajstić information content (AvgIpc) is 2.64. The van der Waals surface area contributed by atoms with Crippen molar-refractivity contribution in [2.75, 3.05) is 24.2 Å². The van der Waals surface area contributed by atoms with Gasteiger partial charge in [-0.15, -0.1) is 0 Å². The van der Waals surface area contributed by atoms with Crippen LogP contribution in [0.15, 0.2) is 23.2 Å². The minimum absolute atomic E-state index is 0.226. The number of hydrogen-bond acceptors (Lipinski definition) is 5. The minimum Gasteiger partial charge on any atom is -0.391 e. The zero-order valence-corrected chi connectivity index (χ0v) is 9.81. The highest BCUT2D eigenvalue weighted by molar-refractivity contribution is 7.90. The zero-order valence-electron chi connectivity index (χ0n) is 9.00. The summed E-state index contributed by atoms with van der Waals surface area (Å²) in [5.41, 5.74) is 0. The van der Waals surface area contributed by atoms with Crippen LogP contribution in [0.4, 0.5) is 5.82 Å². The van der Waals surface area contributed by atoms with Gasteiger partial charge in [-0.2, -0.15) is 0 Å². The SMILES string of the molecule is CS(=O)(=O)c1cccnc1N1CCC(O)C1. The fraction of sp³-hybridized carbons (Fsp3) is 0.500. The average molecular weight is 242 g/mol. The second kappa shape index (κ2) is 4.03. The topological polar surface area (TPSA) is 70.5 Å². The van der Waals surface area contributed by atoms with Crippen LogP contribution in [0.3, 0.4) is 0 Å². The molecule has 0 radical (unpaired) electrons. The molecule has 0 saturated carbocycles. The van der Waals surface area contributed by atoms with Gasteiger partial charge in [0.25, 0.3) is 0 Å². The van der Waals surface area contributed by atoms with E-state index in [0.29, 0.717) is 25.3 Å². The molecule has 88 valence electrons. The van der Waals surface area contributed by atoms with Gasteiger partial charge in [-0.1, -0.05) is 0 Å². The van der Waals surface area contributed by atoms with Crippen LogP contribution in [-0.4, -0.2) is 44.0 Å². The Hall–Kier alpha value is -1.14. The minimum atomic E-state index is -3.27. The molecule has 5 nitrogen and oxygen atoms in total. The summed E-state index contributed by atoms with van der Waals surface area (Å²) in [5.74, 6) is 0.446. The van der Waals surface area contributed by atoms with Crippen molar-refractivity contribution in [1.29, 1.82) is 0 Å². The van der Waals surface area contributed by atoms with Gasteiger partial charge in [-0.3, -0.25) is 0 Å². The lowest BCUT2D eigenvalue weighted by Crippen LogP contribution is -2.24. The van der Waals surface area contributed by atoms with E-state index in [0.717, 1.165) is 0 Å². The Kier molecular flexibility index (Phi) is 2.86. The van der Waals surface area contributed by atoms with E-state index in [2.05, 4.69) is 4.98 Å². The number of anilines is 1. The van der Waals surface area contributed by atoms with E-state index in [1.165, 1.54) is 6.26 Å². The van der Waals surface area contributed by atoms with Crippen LogP contribution in [0.25, 0.3) is 0 Å². The van der Waals surface area contributed by atoms with Gasteiger partial charge in [-0.05, 0) is 18.6 Å². The maximum Gasteiger partial charge on any atom is 0.179 e. The van der Waals surface area contributed by atoms with Gasteiger partial charge in [0.1, 0.15) is 10.7 Å². The number of nitrogens with zero attached hydrogens (tertiary/aromatic N) is 2. The van der Waals surface area contributed by atoms with Crippen molar-refractivity contribution in [2.24, 2.45) is 0 Å². The molecule has 2 heterocycles. The Labute approximate surface area is 94.6 Å². The van der Waals surface area contributed by atoms with Crippen LogP contribution in [0.1, 0.15) is 6.42 Å². The highest BCUT2D eigenvalue weighted by atomic mass is 32.2. The van der Waals surface area contributed by atoms with E-state index in [1.54, 1.807) is 23.2 Å². The highest BCUT2D eigenvalue weighted by Crippen LogP contribution is 2.25. The normalized spacial score (nSPS) is 21.4. The maximum atomic E-state index is 11.6. The first kappa shape index (κ1) is 11.3. The summed E-state index contributed by atoms with van der Waals surface area (Å²) in [6.45, 7) is 1.08. The van der Waals surface area contributed by atoms with Crippen molar-refractivity contribution >= 4 is 15.7 Å². The van der Waals surface area contributed by atoms with Gasteiger partial charge >= 0.3 is 0 Å². The first-order valence-corrected chi connectivity index (χ1v) is 6.96. The van der Waals surface area contributed by atoms with Crippen molar-refractivity contribution in [2.45, 2.75) is 17.4 Å². The Morgan fingerprint density at radius 1 is 1.56 bits per heavy atom. The third kappa shape index (κ3) is 2.17. The Morgan fingerprint density at radius 3 is 2.88 bits per heavy atom. The molecule has 1 aromatic rings. The summed E-state index contributed by atoms with van der Waals surface area (Å²) in [7, 11) is -3.27. The lowest BCUT2D eigenvalue weighted by atomic mass is 10.3. The van der Waals surface area contributed by atoms with E-state index >= 15 is 0 Å². The van der Waals surface area contributed by atoms with E-state index in [4.69, 9.17) is 0 Å². The summed E-state index contributed by atoms with van der Waals surface area (Å²) in [4.78, 5) is 6.13. The molecule has 1 saturated heterocycles. The van der Waals surface area contributed by atoms with Gasteiger partial charge in [0.15, 0.2) is 9.84 Å². The Morgan fingerprint density at radius 2 is 2.31 bits per heavy atom. The van der Waals surface area contributed by atoms with Crippen LogP contribution < -0.4 is 4.90 Å². The third-order valence-corrected chi connectivity index (χ3v) is 3.73. The second-order valence-electron chi connectivity index (χ2n) is 3.99. The van der Waals surface area contributed by atoms with Gasteiger partial charge in [0, 0.05) is 25.5 Å². The highest BCUT2D eigenvalue weighted by Gasteiger charge is 2.25. The molecule has 1 aromatic heterocycles. The summed E-state index contributed by atoms with van der Waals surface area (Å²) in [6.07, 6.45) is 2.99. The molecular formula is C10H14N2O3S. The molecule has 1 aliphatic rings. The molecule has 1 N–H and O–H groups in total. The molecule has 0 amide bonds. The van der Waals surface area contributed by atoms with E-state index < -0.39 is 15.9 Å². The molecule has 1 fully saturated rings. The maximum absolute atomic E-state index is 11.6. The molecule has 0 spiro atoms. The van der Waals surface area contributed by atoms with E-state index in [1.807, 2.05) is 0 Å². The molecule has 0 bridgehead atoms. The van der Waals surface area contributed by atoms with E-state index in [9.17, 15) is 13.5 Å². The lowest BCUT2D eigenvalue weighted by molar-refractivity contribution is 0.198. The van der Waals surface area contributed by atoms with Crippen molar-refractivity contribution in [3.05, 3.63) is 18.3 Å². The molecule has 1 aliphatic heterocycles. The van der Waals surface area contributed by atoms with Crippen molar-refractivity contribution < 1.29 is 13.5 Å². The first-order valence-electron chi connectivity index (χ1n) is 5.06. The number of β-amino-alcohol motifs (C(OH)–C–C–N with tert-alkyl or cyclic N) is 1. The molecule has 6 heteroatoms. The first-order chi connectivity index (χ1) is 7.48. The Bertz CT molecular complexity index is 487. The van der Waals surface area contributed by atoms with Crippen LogP contribution in [0.2, 0.25) is 0 Å². The van der Waals surface area contributed by atoms with Gasteiger partial charge < -0.3 is 10.0 Å². The molecule has 2 rings (SSSR count). The standard InChI is InChI=1S/C10H14N2O3S/c1-16(14,15)9-3-2-5-11-10(9)12-6-4-8(13)7-12/h2-3,5,8,13H,4,6-7H2,1H3. The van der Waals surface area contributed by atoms with Gasteiger partial charge in [-0.25, -0.2) is 13.4 Å². The number of sulfone groups is 1. The number of aromatic nitrogens is 1. The van der Waals surface area contributed by atoms with Gasteiger partial charge in [0.2, 0.25) is 0 Å². The Balaban J connectivity index is 2.41. The van der Waals surface area contributed by atoms with Crippen molar-refractivity contribution in [1.82, 2.24) is 4.98 Å². The largest absolute Gasteiger partial charge is 0.391 e. The molecule has 1 unspecified atom stereocenters. The molecular weight excluding hydrogens is 228 g/mol. The number of aliphatic hydroxyl groups excluding tert-OH is 1. The number of pyridine rings is 1. The number of aliphatic hydroxyl groups is 1. The molecule has 16 heavy (non-hydrogen) atoms. The zero-order chi connectivity index (χ0) is 11.8. The quantitative estimate of drug-likeness (QED) is 0.794. The van der Waals surface area contributed by atoms with Crippen molar-refractivity contribution in [3.8, 4) is 0 Å². The van der Waals surface area contributed by atoms with Crippen molar-refractivity contribution in [3.63, 3.8) is 0 Å². The van der Waals surface area contributed by atoms with Crippen LogP contribution in [0.5, 0.6) is 0 Å². The summed E-state index contributed by atoms with van der Waals surface area (Å²) >= 11 is 0. The van der Waals surface area contributed by atoms with Crippen LogP contribution in [-0.2, 0) is 9.84 Å². The van der Waals surface area contributed by atoms with Gasteiger partial charge in [0.05, 0.1) is 6.10 Å². The number of rotatable bonds is 2. The third-order valence-electron chi connectivity index (χ3n) is 2.61. The fourth-order valence-corrected chi connectivity index (χ4v) is 2.68. The summed E-state index contributed by atoms with van der Waals surface area (Å²) in [5, 5.41) is 9.44. The van der Waals surface area contributed by atoms with Crippen LogP contribution >= 0.6 is 0 Å². The van der Waals surface area contributed by atoms with E-state index in [-0.39, 0.29) is 4.90 Å². The molecule has 0 aromatic carbocycles. The second-order valence-corrected chi connectivity index (χ2v) is 5.97. The summed E-state index contributed by atoms with van der Waals surface area (Å²) in [6, 6.07) is 3.15. The van der Waals surface area contributed by atoms with Crippen LogP contribution in [0, 0.1) is 0 Å². The number of hydrogen-bond donors (Lipinski definition) is 1. The summed E-state index contributed by atoms with van der Waals surface area (Å²) < 4.78 is 23.1. The predicted octanol–water partition coefficient (Wildman–Crippen LogP) is 0.0561. The smallest absolute Gasteiger partial charge is 0.179 e. The predicted molar refractivity (Wildman–Crippen MR) is 60.2 cm³/mol. The fourth-order valence-electron chi connectivity index (χ4n) is 1.84. The molecule has 0 aliphatic carbocycles. The monoisotopic (exact) mass is 242 g/mol.